The first-order chi connectivity index (χ1) is 7.54. The first-order valence-electron chi connectivity index (χ1n) is 4.49. The second kappa shape index (κ2) is 5.77. The van der Waals surface area contributed by atoms with Crippen LogP contribution in [-0.4, -0.2) is 25.1 Å². The Morgan fingerprint density at radius 3 is 2.88 bits per heavy atom. The average Bonchev–Trinajstić information content (AvgIpc) is 2.28. The van der Waals surface area contributed by atoms with Gasteiger partial charge in [-0.05, 0) is 24.3 Å². The maximum Gasteiger partial charge on any atom is 0.269 e. The molecule has 16 heavy (non-hydrogen) atoms. The van der Waals surface area contributed by atoms with E-state index in [1.54, 1.807) is 12.1 Å². The summed E-state index contributed by atoms with van der Waals surface area (Å²) in [6, 6.07) is 4.51. The topological polar surface area (TPSA) is 29.5 Å². The molecule has 0 aliphatic rings. The summed E-state index contributed by atoms with van der Waals surface area (Å²) in [7, 11) is 2.86. The summed E-state index contributed by atoms with van der Waals surface area (Å²) in [5, 5.41) is 1.05. The normalized spacial score (nSPS) is 10.8. The quantitative estimate of drug-likeness (QED) is 0.632. The van der Waals surface area contributed by atoms with Crippen molar-refractivity contribution in [3.63, 3.8) is 0 Å². The number of hydrogen-bond donors (Lipinski definition) is 0. The number of nitrogens with zero attached hydrogens (tertiary/aromatic N) is 1. The van der Waals surface area contributed by atoms with Crippen LogP contribution in [0.3, 0.4) is 0 Å². The van der Waals surface area contributed by atoms with Crippen LogP contribution in [0, 0.1) is 5.82 Å². The number of rotatable bonds is 3. The maximum atomic E-state index is 13.3. The fourth-order valence-electron chi connectivity index (χ4n) is 0.998. The molecule has 1 aromatic carbocycles. The van der Waals surface area contributed by atoms with Gasteiger partial charge in [0.15, 0.2) is 0 Å². The molecule has 0 aliphatic carbocycles. The van der Waals surface area contributed by atoms with E-state index in [9.17, 15) is 9.18 Å². The van der Waals surface area contributed by atoms with Gasteiger partial charge in [-0.25, -0.2) is 9.45 Å². The predicted molar refractivity (Wildman–Crippen MR) is 62.9 cm³/mol. The van der Waals surface area contributed by atoms with Crippen LogP contribution in [0.4, 0.5) is 4.39 Å². The zero-order valence-corrected chi connectivity index (χ0v) is 10.5. The molecule has 0 N–H and O–H groups in total. The van der Waals surface area contributed by atoms with Crippen LogP contribution >= 0.6 is 15.9 Å². The molecule has 0 radical (unpaired) electrons. The maximum absolute atomic E-state index is 13.3. The number of carbonyl (C=O) groups excluding carboxylic acids is 1. The van der Waals surface area contributed by atoms with E-state index in [2.05, 4.69) is 20.8 Å². The van der Waals surface area contributed by atoms with Crippen molar-refractivity contribution in [2.75, 3.05) is 14.2 Å². The number of carbonyl (C=O) groups is 1. The third-order valence-corrected chi connectivity index (χ3v) is 2.44. The van der Waals surface area contributed by atoms with Gasteiger partial charge in [0.2, 0.25) is 0 Å². The SMILES string of the molecule is CON(C)C(=O)/C=C/c1cc(Br)ccc1F. The Morgan fingerprint density at radius 1 is 1.56 bits per heavy atom. The lowest BCUT2D eigenvalue weighted by molar-refractivity contribution is -0.162. The Hall–Kier alpha value is -1.20. The van der Waals surface area contributed by atoms with Crippen molar-refractivity contribution in [3.05, 3.63) is 40.1 Å². The molecule has 0 spiro atoms. The Morgan fingerprint density at radius 2 is 2.25 bits per heavy atom. The van der Waals surface area contributed by atoms with Gasteiger partial charge >= 0.3 is 0 Å². The van der Waals surface area contributed by atoms with Crippen LogP contribution in [0.15, 0.2) is 28.7 Å². The van der Waals surface area contributed by atoms with E-state index in [0.29, 0.717) is 5.56 Å². The van der Waals surface area contributed by atoms with Gasteiger partial charge in [0.1, 0.15) is 5.82 Å². The predicted octanol–water partition coefficient (Wildman–Crippen LogP) is 2.62. The van der Waals surface area contributed by atoms with Gasteiger partial charge in [0.05, 0.1) is 7.11 Å². The van der Waals surface area contributed by atoms with Gasteiger partial charge < -0.3 is 0 Å². The minimum atomic E-state index is -0.382. The molecule has 0 heterocycles. The average molecular weight is 288 g/mol. The number of hydrogen-bond acceptors (Lipinski definition) is 2. The molecule has 1 amide bonds. The number of benzene rings is 1. The molecule has 0 fully saturated rings. The van der Waals surface area contributed by atoms with E-state index in [1.165, 1.54) is 32.4 Å². The van der Waals surface area contributed by atoms with Crippen LogP contribution in [-0.2, 0) is 9.63 Å². The minimum Gasteiger partial charge on any atom is -0.274 e. The number of hydroxylamine groups is 2. The van der Waals surface area contributed by atoms with Crippen molar-refractivity contribution in [2.45, 2.75) is 0 Å². The van der Waals surface area contributed by atoms with Crippen LogP contribution in [0.2, 0.25) is 0 Å². The molecular weight excluding hydrogens is 277 g/mol. The van der Waals surface area contributed by atoms with Gasteiger partial charge in [-0.1, -0.05) is 15.9 Å². The van der Waals surface area contributed by atoms with Crippen LogP contribution in [0.25, 0.3) is 6.08 Å². The highest BCUT2D eigenvalue weighted by molar-refractivity contribution is 9.10. The number of halogens is 2. The molecule has 1 rings (SSSR count). The molecule has 1 aromatic rings. The van der Waals surface area contributed by atoms with Crippen molar-refractivity contribution in [3.8, 4) is 0 Å². The van der Waals surface area contributed by atoms with E-state index < -0.39 is 0 Å². The summed E-state index contributed by atoms with van der Waals surface area (Å²) in [4.78, 5) is 16.0. The first kappa shape index (κ1) is 12.9. The number of likely N-dealkylation sites (N-methyl/N-ethyl adjacent to an activating group) is 1. The van der Waals surface area contributed by atoms with Crippen molar-refractivity contribution >= 4 is 27.9 Å². The van der Waals surface area contributed by atoms with Gasteiger partial charge in [0.25, 0.3) is 5.91 Å². The Balaban J connectivity index is 2.84. The zero-order valence-electron chi connectivity index (χ0n) is 8.91. The van der Waals surface area contributed by atoms with E-state index in [1.807, 2.05) is 0 Å². The lowest BCUT2D eigenvalue weighted by Crippen LogP contribution is -2.22. The zero-order chi connectivity index (χ0) is 12.1. The standard InChI is InChI=1S/C11H11BrFNO2/c1-14(16-2)11(15)6-3-8-7-9(12)4-5-10(8)13/h3-7H,1-2H3/b6-3+. The lowest BCUT2D eigenvalue weighted by atomic mass is 10.2. The summed E-state index contributed by atoms with van der Waals surface area (Å²) < 4.78 is 14.0. The van der Waals surface area contributed by atoms with E-state index >= 15 is 0 Å². The highest BCUT2D eigenvalue weighted by atomic mass is 79.9. The fraction of sp³-hybridized carbons (Fsp3) is 0.182. The third kappa shape index (κ3) is 3.43. The number of amides is 1. The molecule has 0 bridgehead atoms. The van der Waals surface area contributed by atoms with E-state index in [4.69, 9.17) is 0 Å². The summed E-state index contributed by atoms with van der Waals surface area (Å²) in [6.07, 6.45) is 2.65. The molecule has 3 nitrogen and oxygen atoms in total. The van der Waals surface area contributed by atoms with E-state index in [-0.39, 0.29) is 11.7 Å². The molecule has 0 atom stereocenters. The van der Waals surface area contributed by atoms with Crippen molar-refractivity contribution < 1.29 is 14.0 Å². The summed E-state index contributed by atoms with van der Waals surface area (Å²) >= 11 is 3.23. The molecule has 86 valence electrons. The summed E-state index contributed by atoms with van der Waals surface area (Å²) in [5.41, 5.74) is 0.340. The Bertz CT molecular complexity index is 420. The third-order valence-electron chi connectivity index (χ3n) is 1.95. The molecule has 0 saturated carbocycles. The second-order valence-electron chi connectivity index (χ2n) is 3.02. The Kier molecular flexibility index (Phi) is 4.64. The summed E-state index contributed by atoms with van der Waals surface area (Å²) in [6.45, 7) is 0. The van der Waals surface area contributed by atoms with Crippen molar-refractivity contribution in [1.29, 1.82) is 0 Å². The molecule has 5 heteroatoms. The Labute approximate surface area is 102 Å². The van der Waals surface area contributed by atoms with Gasteiger partial charge in [-0.2, -0.15) is 0 Å². The largest absolute Gasteiger partial charge is 0.274 e. The van der Waals surface area contributed by atoms with Crippen molar-refractivity contribution in [2.24, 2.45) is 0 Å². The van der Waals surface area contributed by atoms with Gasteiger partial charge in [0, 0.05) is 23.2 Å². The minimum absolute atomic E-state index is 0.340. The molecule has 0 aromatic heterocycles. The second-order valence-corrected chi connectivity index (χ2v) is 3.93. The molecule has 0 unspecified atom stereocenters. The fourth-order valence-corrected chi connectivity index (χ4v) is 1.38. The summed E-state index contributed by atoms with van der Waals surface area (Å²) in [5.74, 6) is -0.741. The van der Waals surface area contributed by atoms with Crippen LogP contribution < -0.4 is 0 Å². The molecule has 0 saturated heterocycles. The van der Waals surface area contributed by atoms with E-state index in [0.717, 1.165) is 9.54 Å². The molecular formula is C11H11BrFNO2. The smallest absolute Gasteiger partial charge is 0.269 e. The first-order valence-corrected chi connectivity index (χ1v) is 5.29. The highest BCUT2D eigenvalue weighted by Crippen LogP contribution is 2.16. The monoisotopic (exact) mass is 287 g/mol. The van der Waals surface area contributed by atoms with Crippen LogP contribution in [0.5, 0.6) is 0 Å². The van der Waals surface area contributed by atoms with Gasteiger partial charge in [-0.3, -0.25) is 9.63 Å². The molecule has 0 aliphatic heterocycles. The van der Waals surface area contributed by atoms with Gasteiger partial charge in [-0.15, -0.1) is 0 Å². The van der Waals surface area contributed by atoms with Crippen molar-refractivity contribution in [1.82, 2.24) is 5.06 Å². The lowest BCUT2D eigenvalue weighted by Gasteiger charge is -2.10. The van der Waals surface area contributed by atoms with Crippen LogP contribution in [0.1, 0.15) is 5.56 Å². The highest BCUT2D eigenvalue weighted by Gasteiger charge is 2.04.